The van der Waals surface area contributed by atoms with Gasteiger partial charge in [0.25, 0.3) is 0 Å². The van der Waals surface area contributed by atoms with Crippen LogP contribution >= 0.6 is 9.07 Å². The zero-order valence-electron chi connectivity index (χ0n) is 7.90. The Morgan fingerprint density at radius 3 is 1.47 bits per heavy atom. The first-order valence-corrected chi connectivity index (χ1v) is 7.21. The Bertz CT molecular complexity index is 261. The van der Waals surface area contributed by atoms with Crippen LogP contribution in [0.2, 0.25) is 4.55 Å². The van der Waals surface area contributed by atoms with Crippen molar-refractivity contribution in [3.63, 3.8) is 0 Å². The molecule has 0 fully saturated rings. The van der Waals surface area contributed by atoms with Gasteiger partial charge in [-0.3, -0.25) is 0 Å². The van der Waals surface area contributed by atoms with E-state index in [4.69, 9.17) is 9.07 Å². The van der Waals surface area contributed by atoms with Crippen LogP contribution in [0.1, 0.15) is 6.42 Å². The monoisotopic (exact) mass is 306 g/mol. The number of hydrogen-bond donors (Lipinski definition) is 0. The molecule has 0 radical (unpaired) electrons. The Kier molecular flexibility index (Phi) is 5.33. The second-order valence-corrected chi connectivity index (χ2v) is 5.36. The minimum atomic E-state index is -6.79. The summed E-state index contributed by atoms with van der Waals surface area (Å²) in [5.74, 6) is -18.8. The van der Waals surface area contributed by atoms with Gasteiger partial charge in [-0.15, -0.1) is 4.55 Å². The molecule has 0 saturated heterocycles. The number of halogens is 10. The average molecular weight is 307 g/mol. The maximum absolute atomic E-state index is 12.6. The molecule has 0 aromatic rings. The Balaban J connectivity index is 5.24. The van der Waals surface area contributed by atoms with E-state index in [9.17, 15) is 39.5 Å². The van der Waals surface area contributed by atoms with Crippen molar-refractivity contribution < 1.29 is 39.5 Å². The SMILES string of the molecule is FC(F)(F)C(F)(F)C(F)(F)C(F)(F)C[CH2][Mg][Cl]. The summed E-state index contributed by atoms with van der Waals surface area (Å²) in [6, 6.07) is 0. The lowest BCUT2D eigenvalue weighted by Crippen LogP contribution is -2.60. The van der Waals surface area contributed by atoms with Gasteiger partial charge in [0.05, 0.1) is 0 Å². The van der Waals surface area contributed by atoms with Crippen LogP contribution < -0.4 is 0 Å². The molecule has 0 N–H and O–H groups in total. The fourth-order valence-electron chi connectivity index (χ4n) is 0.854. The van der Waals surface area contributed by atoms with Gasteiger partial charge in [-0.2, -0.15) is 39.5 Å². The van der Waals surface area contributed by atoms with Gasteiger partial charge in [-0.05, 0) is 6.42 Å². The minimum absolute atomic E-state index is 0.682. The minimum Gasteiger partial charge on any atom is -0.346 e. The van der Waals surface area contributed by atoms with Crippen LogP contribution in [0.25, 0.3) is 0 Å². The molecule has 100 valence electrons. The smallest absolute Gasteiger partial charge is 0.346 e. The fraction of sp³-hybridized carbons (Fsp3) is 1.00. The zero-order chi connectivity index (χ0) is 14.1. The third-order valence-corrected chi connectivity index (χ3v) is 3.26. The van der Waals surface area contributed by atoms with E-state index < -0.39 is 54.2 Å². The lowest BCUT2D eigenvalue weighted by molar-refractivity contribution is -0.396. The van der Waals surface area contributed by atoms with E-state index in [0.29, 0.717) is 0 Å². The molecule has 11 heteroatoms. The average Bonchev–Trinajstić information content (AvgIpc) is 2.12. The van der Waals surface area contributed by atoms with Crippen molar-refractivity contribution in [2.75, 3.05) is 0 Å². The molecule has 0 aliphatic heterocycles. The molecule has 0 spiro atoms. The van der Waals surface area contributed by atoms with E-state index in [1.165, 1.54) is 0 Å². The molecule has 0 amide bonds. The first-order valence-electron chi connectivity index (χ1n) is 4.07. The first-order chi connectivity index (χ1) is 7.31. The molecule has 0 aromatic heterocycles. The Morgan fingerprint density at radius 2 is 1.18 bits per heavy atom. The molecule has 0 aromatic carbocycles. The summed E-state index contributed by atoms with van der Waals surface area (Å²) in [4.78, 5) is 0. The highest BCUT2D eigenvalue weighted by Crippen LogP contribution is 2.54. The molecule has 0 bridgehead atoms. The van der Waals surface area contributed by atoms with Gasteiger partial charge in [0.1, 0.15) is 0 Å². The molecule has 0 atom stereocenters. The quantitative estimate of drug-likeness (QED) is 0.529. The van der Waals surface area contributed by atoms with Crippen molar-refractivity contribution in [1.82, 2.24) is 0 Å². The molecule has 0 aliphatic rings. The van der Waals surface area contributed by atoms with Crippen LogP contribution in [0.4, 0.5) is 39.5 Å². The predicted octanol–water partition coefficient (Wildman–Crippen LogP) is 4.12. The van der Waals surface area contributed by atoms with Crippen LogP contribution in [-0.4, -0.2) is 43.2 Å². The van der Waals surface area contributed by atoms with E-state index in [2.05, 4.69) is 0 Å². The lowest BCUT2D eigenvalue weighted by Gasteiger charge is -2.33. The molecule has 0 rings (SSSR count). The van der Waals surface area contributed by atoms with Gasteiger partial charge in [-0.25, -0.2) is 0 Å². The van der Waals surface area contributed by atoms with Gasteiger partial charge < -0.3 is 9.07 Å². The van der Waals surface area contributed by atoms with Crippen LogP contribution in [-0.2, 0) is 0 Å². The van der Waals surface area contributed by atoms with Crippen molar-refractivity contribution in [1.29, 1.82) is 0 Å². The van der Waals surface area contributed by atoms with E-state index in [1.54, 1.807) is 0 Å². The van der Waals surface area contributed by atoms with Crippen LogP contribution in [0.3, 0.4) is 0 Å². The van der Waals surface area contributed by atoms with Crippen molar-refractivity contribution in [2.45, 2.75) is 34.9 Å². The third-order valence-electron chi connectivity index (χ3n) is 1.83. The summed E-state index contributed by atoms with van der Waals surface area (Å²) < 4.78 is 109. The van der Waals surface area contributed by atoms with E-state index in [1.807, 2.05) is 0 Å². The molecular formula is C6H4ClF9Mg. The van der Waals surface area contributed by atoms with Crippen LogP contribution in [0.15, 0.2) is 0 Å². The Morgan fingerprint density at radius 1 is 0.765 bits per heavy atom. The second-order valence-electron chi connectivity index (χ2n) is 3.14. The van der Waals surface area contributed by atoms with Gasteiger partial charge in [-0.1, -0.05) is 0 Å². The maximum atomic E-state index is 12.6. The Hall–Kier alpha value is 0.426. The summed E-state index contributed by atoms with van der Waals surface area (Å²) in [6.45, 7) is 0. The topological polar surface area (TPSA) is 0 Å². The molecule has 0 heterocycles. The highest BCUT2D eigenvalue weighted by Gasteiger charge is 2.81. The zero-order valence-corrected chi connectivity index (χ0v) is 10.1. The molecule has 0 aliphatic carbocycles. The molecular weight excluding hydrogens is 303 g/mol. The van der Waals surface area contributed by atoms with Gasteiger partial charge in [0.2, 0.25) is 0 Å². The number of hydrogen-bond acceptors (Lipinski definition) is 0. The van der Waals surface area contributed by atoms with E-state index in [-0.39, 0.29) is 0 Å². The van der Waals surface area contributed by atoms with Crippen molar-refractivity contribution in [3.05, 3.63) is 0 Å². The summed E-state index contributed by atoms with van der Waals surface area (Å²) in [6.07, 6.45) is -8.56. The largest absolute Gasteiger partial charge is 0.501 e. The third kappa shape index (κ3) is 3.25. The highest BCUT2D eigenvalue weighted by molar-refractivity contribution is 6.93. The van der Waals surface area contributed by atoms with Crippen molar-refractivity contribution >= 4 is 28.3 Å². The standard InChI is InChI=1S/C6H4F9.ClH.Mg/c1-2-3(7,8)4(9,10)5(11,12)6(13,14)15;;/h1-2H2;1H;/q;;+1/p-1. The summed E-state index contributed by atoms with van der Waals surface area (Å²) in [5, 5.41) is 0. The van der Waals surface area contributed by atoms with Crippen LogP contribution in [0, 0.1) is 0 Å². The normalized spacial score (nSPS) is 14.7. The molecule has 0 unspecified atom stereocenters. The van der Waals surface area contributed by atoms with Crippen molar-refractivity contribution in [3.8, 4) is 0 Å². The summed E-state index contributed by atoms with van der Waals surface area (Å²) >= 11 is -1.67. The first kappa shape index (κ1) is 17.4. The fourth-order valence-corrected chi connectivity index (χ4v) is 1.83. The number of rotatable bonds is 5. The van der Waals surface area contributed by atoms with Gasteiger partial charge >= 0.3 is 43.2 Å². The van der Waals surface area contributed by atoms with Crippen LogP contribution in [0.5, 0.6) is 0 Å². The summed E-state index contributed by atoms with van der Waals surface area (Å²) in [7, 11) is 5.01. The van der Waals surface area contributed by atoms with E-state index in [0.717, 1.165) is 0 Å². The predicted molar refractivity (Wildman–Crippen MR) is 41.9 cm³/mol. The molecule has 17 heavy (non-hydrogen) atoms. The molecule has 0 nitrogen and oxygen atoms in total. The molecule has 0 saturated carbocycles. The number of alkyl halides is 9. The second kappa shape index (κ2) is 5.20. The van der Waals surface area contributed by atoms with Gasteiger partial charge in [0, 0.05) is 0 Å². The Labute approximate surface area is 103 Å². The van der Waals surface area contributed by atoms with Gasteiger partial charge in [0.15, 0.2) is 0 Å². The summed E-state index contributed by atoms with van der Waals surface area (Å²) in [5.41, 5.74) is 0. The van der Waals surface area contributed by atoms with Crippen molar-refractivity contribution in [2.24, 2.45) is 0 Å². The highest BCUT2D eigenvalue weighted by atomic mass is 35.5. The lowest BCUT2D eigenvalue weighted by atomic mass is 10.0. The maximum Gasteiger partial charge on any atom is 0.501 e. The van der Waals surface area contributed by atoms with E-state index >= 15 is 0 Å².